The maximum Gasteiger partial charge on any atom is 0.165 e. The maximum atomic E-state index is 5.59. The second-order valence-electron chi connectivity index (χ2n) is 2.82. The summed E-state index contributed by atoms with van der Waals surface area (Å²) in [6.45, 7) is 2.02. The van der Waals surface area contributed by atoms with Gasteiger partial charge in [-0.3, -0.25) is 0 Å². The van der Waals surface area contributed by atoms with Crippen molar-refractivity contribution in [3.8, 4) is 11.5 Å². The van der Waals surface area contributed by atoms with E-state index in [4.69, 9.17) is 9.47 Å². The van der Waals surface area contributed by atoms with Gasteiger partial charge in [-0.05, 0) is 47.1 Å². The molecule has 0 fully saturated rings. The van der Waals surface area contributed by atoms with E-state index in [2.05, 4.69) is 31.9 Å². The van der Waals surface area contributed by atoms with Crippen LogP contribution in [0.4, 0.5) is 0 Å². The van der Waals surface area contributed by atoms with Gasteiger partial charge in [0.1, 0.15) is 11.5 Å². The van der Waals surface area contributed by atoms with Gasteiger partial charge < -0.3 is 9.47 Å². The average Bonchev–Trinajstić information content (AvgIpc) is 2.19. The van der Waals surface area contributed by atoms with Crippen LogP contribution in [-0.4, -0.2) is 17.0 Å². The number of benzene rings is 1. The molecule has 2 nitrogen and oxygen atoms in total. The molecule has 0 aliphatic heterocycles. The lowest BCUT2D eigenvalue weighted by Crippen LogP contribution is -2.17. The van der Waals surface area contributed by atoms with Crippen molar-refractivity contribution in [2.45, 2.75) is 16.8 Å². The molecule has 1 aromatic rings. The van der Waals surface area contributed by atoms with E-state index < -0.39 is 0 Å². The van der Waals surface area contributed by atoms with Crippen LogP contribution >= 0.6 is 31.9 Å². The summed E-state index contributed by atoms with van der Waals surface area (Å²) >= 11 is 6.84. The minimum Gasteiger partial charge on any atom is -0.497 e. The Balaban J connectivity index is 2.59. The number of methoxy groups -OCH3 is 1. The van der Waals surface area contributed by atoms with Crippen LogP contribution in [0.25, 0.3) is 0 Å². The van der Waals surface area contributed by atoms with Crippen molar-refractivity contribution in [3.63, 3.8) is 0 Å². The number of alkyl halides is 2. The molecule has 0 unspecified atom stereocenters. The molecule has 0 spiro atoms. The molecule has 0 N–H and O–H groups in total. The van der Waals surface area contributed by atoms with Gasteiger partial charge in [0, 0.05) is 0 Å². The highest BCUT2D eigenvalue weighted by atomic mass is 79.9. The van der Waals surface area contributed by atoms with Gasteiger partial charge in [-0.15, -0.1) is 0 Å². The van der Waals surface area contributed by atoms with E-state index in [0.29, 0.717) is 0 Å². The standard InChI is InChI=1S/C10H12Br2O2/c1-7(11)10(12)14-9-5-3-8(13-2)4-6-9/h3-7,10H,1-2H3/t7-,10-/m1/s1. The number of rotatable bonds is 4. The Labute approximate surface area is 101 Å². The van der Waals surface area contributed by atoms with Gasteiger partial charge >= 0.3 is 0 Å². The molecule has 0 radical (unpaired) electrons. The summed E-state index contributed by atoms with van der Waals surface area (Å²) in [5, 5.41) is -0.0316. The van der Waals surface area contributed by atoms with Crippen LogP contribution in [0.1, 0.15) is 6.92 Å². The molecule has 4 heteroatoms. The molecule has 0 bridgehead atoms. The molecular formula is C10H12Br2O2. The number of ether oxygens (including phenoxy) is 2. The van der Waals surface area contributed by atoms with Crippen LogP contribution in [0.15, 0.2) is 24.3 Å². The topological polar surface area (TPSA) is 18.5 Å². The fourth-order valence-electron chi connectivity index (χ4n) is 0.878. The van der Waals surface area contributed by atoms with Gasteiger partial charge in [0.25, 0.3) is 0 Å². The Morgan fingerprint density at radius 3 is 2.00 bits per heavy atom. The Kier molecular flexibility index (Phi) is 4.75. The molecule has 0 saturated carbocycles. The highest BCUT2D eigenvalue weighted by Gasteiger charge is 2.11. The third-order valence-electron chi connectivity index (χ3n) is 1.67. The zero-order valence-corrected chi connectivity index (χ0v) is 11.2. The number of halogens is 2. The lowest BCUT2D eigenvalue weighted by atomic mass is 10.3. The molecule has 14 heavy (non-hydrogen) atoms. The van der Waals surface area contributed by atoms with E-state index in [9.17, 15) is 0 Å². The van der Waals surface area contributed by atoms with Crippen molar-refractivity contribution in [1.82, 2.24) is 0 Å². The third kappa shape index (κ3) is 3.50. The molecule has 78 valence electrons. The van der Waals surface area contributed by atoms with Crippen LogP contribution in [-0.2, 0) is 0 Å². The van der Waals surface area contributed by atoms with Gasteiger partial charge in [-0.25, -0.2) is 0 Å². The lowest BCUT2D eigenvalue weighted by molar-refractivity contribution is 0.296. The van der Waals surface area contributed by atoms with Crippen LogP contribution < -0.4 is 9.47 Å². The first-order valence-electron chi connectivity index (χ1n) is 4.22. The summed E-state index contributed by atoms with van der Waals surface area (Å²) in [7, 11) is 1.64. The van der Waals surface area contributed by atoms with Crippen LogP contribution in [0, 0.1) is 0 Å². The normalized spacial score (nSPS) is 14.6. The van der Waals surface area contributed by atoms with Gasteiger partial charge in [0.2, 0.25) is 0 Å². The van der Waals surface area contributed by atoms with Crippen LogP contribution in [0.2, 0.25) is 0 Å². The minimum absolute atomic E-state index is 0.0316. The molecule has 0 amide bonds. The molecule has 0 aliphatic rings. The highest BCUT2D eigenvalue weighted by Crippen LogP contribution is 2.22. The molecule has 0 aromatic heterocycles. The van der Waals surface area contributed by atoms with Crippen molar-refractivity contribution < 1.29 is 9.47 Å². The van der Waals surface area contributed by atoms with Crippen molar-refractivity contribution in [2.24, 2.45) is 0 Å². The molecule has 0 saturated heterocycles. The maximum absolute atomic E-state index is 5.59. The van der Waals surface area contributed by atoms with E-state index in [1.807, 2.05) is 31.2 Å². The molecule has 1 rings (SSSR count). The number of hydrogen-bond donors (Lipinski definition) is 0. The van der Waals surface area contributed by atoms with Gasteiger partial charge in [-0.2, -0.15) is 0 Å². The van der Waals surface area contributed by atoms with Crippen molar-refractivity contribution >= 4 is 31.9 Å². The predicted molar refractivity (Wildman–Crippen MR) is 64.7 cm³/mol. The first-order chi connectivity index (χ1) is 6.63. The molecule has 0 heterocycles. The van der Waals surface area contributed by atoms with E-state index in [1.165, 1.54) is 0 Å². The zero-order valence-electron chi connectivity index (χ0n) is 8.04. The summed E-state index contributed by atoms with van der Waals surface area (Å²) in [5.74, 6) is 1.65. The van der Waals surface area contributed by atoms with Gasteiger partial charge in [-0.1, -0.05) is 15.9 Å². The first kappa shape index (κ1) is 11.9. The van der Waals surface area contributed by atoms with Crippen molar-refractivity contribution in [2.75, 3.05) is 7.11 Å². The van der Waals surface area contributed by atoms with E-state index in [1.54, 1.807) is 7.11 Å². The minimum atomic E-state index is -0.0316. The summed E-state index contributed by atoms with van der Waals surface area (Å²) in [5.41, 5.74) is 0. The fraction of sp³-hybridized carbons (Fsp3) is 0.400. The largest absolute Gasteiger partial charge is 0.497 e. The van der Waals surface area contributed by atoms with Crippen molar-refractivity contribution in [3.05, 3.63) is 24.3 Å². The fourth-order valence-corrected chi connectivity index (χ4v) is 1.20. The highest BCUT2D eigenvalue weighted by molar-refractivity contribution is 9.12. The molecule has 0 aliphatic carbocycles. The number of hydrogen-bond acceptors (Lipinski definition) is 2. The third-order valence-corrected chi connectivity index (χ3v) is 3.84. The molecule has 1 aromatic carbocycles. The van der Waals surface area contributed by atoms with Crippen LogP contribution in [0.5, 0.6) is 11.5 Å². The quantitative estimate of drug-likeness (QED) is 0.788. The Bertz CT molecular complexity index is 272. The first-order valence-corrected chi connectivity index (χ1v) is 6.05. The Morgan fingerprint density at radius 2 is 1.57 bits per heavy atom. The second kappa shape index (κ2) is 5.61. The Hall–Kier alpha value is -0.220. The molecular weight excluding hydrogens is 312 g/mol. The predicted octanol–water partition coefficient (Wildman–Crippen LogP) is 3.58. The lowest BCUT2D eigenvalue weighted by Gasteiger charge is -2.15. The van der Waals surface area contributed by atoms with Crippen molar-refractivity contribution in [1.29, 1.82) is 0 Å². The van der Waals surface area contributed by atoms with E-state index >= 15 is 0 Å². The Morgan fingerprint density at radius 1 is 1.07 bits per heavy atom. The summed E-state index contributed by atoms with van der Waals surface area (Å²) in [6, 6.07) is 7.49. The monoisotopic (exact) mass is 322 g/mol. The van der Waals surface area contributed by atoms with Crippen LogP contribution in [0.3, 0.4) is 0 Å². The van der Waals surface area contributed by atoms with E-state index in [-0.39, 0.29) is 9.84 Å². The van der Waals surface area contributed by atoms with E-state index in [0.717, 1.165) is 11.5 Å². The molecule has 2 atom stereocenters. The SMILES string of the molecule is COc1ccc(O[C@@H](Br)[C@@H](C)Br)cc1. The summed E-state index contributed by atoms with van der Waals surface area (Å²) in [4.78, 5) is 0.254. The smallest absolute Gasteiger partial charge is 0.165 e. The summed E-state index contributed by atoms with van der Waals surface area (Å²) in [6.07, 6.45) is 0. The van der Waals surface area contributed by atoms with Gasteiger partial charge in [0.05, 0.1) is 11.9 Å². The van der Waals surface area contributed by atoms with Gasteiger partial charge in [0.15, 0.2) is 5.01 Å². The second-order valence-corrected chi connectivity index (χ2v) is 5.17. The zero-order chi connectivity index (χ0) is 10.6. The summed E-state index contributed by atoms with van der Waals surface area (Å²) < 4.78 is 10.6. The average molecular weight is 324 g/mol.